The Hall–Kier alpha value is -1.70. The lowest BCUT2D eigenvalue weighted by Gasteiger charge is -2.25. The maximum absolute atomic E-state index is 12.5. The van der Waals surface area contributed by atoms with Crippen molar-refractivity contribution < 1.29 is 4.79 Å². The van der Waals surface area contributed by atoms with E-state index >= 15 is 0 Å². The Bertz CT molecular complexity index is 605. The van der Waals surface area contributed by atoms with Crippen LogP contribution in [0.2, 0.25) is 0 Å². The van der Waals surface area contributed by atoms with E-state index in [0.29, 0.717) is 11.6 Å². The Morgan fingerprint density at radius 2 is 2.00 bits per heavy atom. The average molecular weight is 253 g/mol. The summed E-state index contributed by atoms with van der Waals surface area (Å²) in [6, 6.07) is 11.8. The molecule has 2 nitrogen and oxygen atoms in total. The topological polar surface area (TPSA) is 30.0 Å². The predicted octanol–water partition coefficient (Wildman–Crippen LogP) is 4.24. The van der Waals surface area contributed by atoms with Crippen LogP contribution in [0.5, 0.6) is 0 Å². The molecule has 1 aromatic heterocycles. The van der Waals surface area contributed by atoms with Crippen LogP contribution in [0.4, 0.5) is 0 Å². The van der Waals surface area contributed by atoms with E-state index < -0.39 is 0 Å². The molecule has 0 N–H and O–H groups in total. The number of carbonyl (C=O) groups excluding carboxylic acids is 1. The Labute approximate surface area is 113 Å². The number of aromatic nitrogens is 1. The van der Waals surface area contributed by atoms with E-state index in [1.807, 2.05) is 36.4 Å². The Balaban J connectivity index is 1.88. The second-order valence-electron chi connectivity index (χ2n) is 5.72. The largest absolute Gasteiger partial charge is 0.292 e. The van der Waals surface area contributed by atoms with E-state index in [-0.39, 0.29) is 11.7 Å². The van der Waals surface area contributed by atoms with E-state index in [0.717, 1.165) is 23.7 Å². The van der Waals surface area contributed by atoms with Gasteiger partial charge >= 0.3 is 0 Å². The molecule has 0 amide bonds. The van der Waals surface area contributed by atoms with Crippen LogP contribution in [0.25, 0.3) is 10.9 Å². The van der Waals surface area contributed by atoms with E-state index in [1.54, 1.807) is 0 Å². The van der Waals surface area contributed by atoms with Gasteiger partial charge in [-0.1, -0.05) is 44.0 Å². The van der Waals surface area contributed by atoms with Crippen molar-refractivity contribution in [2.24, 2.45) is 11.8 Å². The summed E-state index contributed by atoms with van der Waals surface area (Å²) in [5.74, 6) is 1.08. The number of hydrogen-bond acceptors (Lipinski definition) is 2. The van der Waals surface area contributed by atoms with Crippen LogP contribution in [0, 0.1) is 11.8 Å². The third-order valence-corrected chi connectivity index (χ3v) is 4.16. The second-order valence-corrected chi connectivity index (χ2v) is 5.72. The van der Waals surface area contributed by atoms with Crippen molar-refractivity contribution >= 4 is 16.7 Å². The molecule has 0 bridgehead atoms. The molecule has 3 rings (SSSR count). The van der Waals surface area contributed by atoms with Crippen molar-refractivity contribution in [3.8, 4) is 0 Å². The van der Waals surface area contributed by atoms with Gasteiger partial charge in [-0.25, -0.2) is 4.98 Å². The lowest BCUT2D eigenvalue weighted by Crippen LogP contribution is -2.22. The van der Waals surface area contributed by atoms with Gasteiger partial charge in [-0.15, -0.1) is 0 Å². The summed E-state index contributed by atoms with van der Waals surface area (Å²) in [7, 11) is 0. The smallest absolute Gasteiger partial charge is 0.184 e. The molecular formula is C17H19NO. The van der Waals surface area contributed by atoms with Crippen molar-refractivity contribution in [3.05, 3.63) is 42.1 Å². The SMILES string of the molecule is CC1CCCC(C(=O)c2ccc3ccccc3n2)C1. The first-order chi connectivity index (χ1) is 9.24. The van der Waals surface area contributed by atoms with Crippen molar-refractivity contribution in [2.75, 3.05) is 0 Å². The number of pyridine rings is 1. The summed E-state index contributed by atoms with van der Waals surface area (Å²) in [5.41, 5.74) is 1.55. The van der Waals surface area contributed by atoms with Gasteiger partial charge in [0.15, 0.2) is 5.78 Å². The van der Waals surface area contributed by atoms with E-state index in [2.05, 4.69) is 11.9 Å². The number of fused-ring (bicyclic) bond motifs is 1. The molecular weight excluding hydrogens is 234 g/mol. The molecule has 2 unspecified atom stereocenters. The summed E-state index contributed by atoms with van der Waals surface area (Å²) >= 11 is 0. The van der Waals surface area contributed by atoms with Gasteiger partial charge in [-0.2, -0.15) is 0 Å². The van der Waals surface area contributed by atoms with Gasteiger partial charge in [0.25, 0.3) is 0 Å². The summed E-state index contributed by atoms with van der Waals surface area (Å²) in [4.78, 5) is 17.1. The first-order valence-corrected chi connectivity index (χ1v) is 7.14. The lowest BCUT2D eigenvalue weighted by molar-refractivity contribution is 0.0863. The zero-order chi connectivity index (χ0) is 13.2. The molecule has 19 heavy (non-hydrogen) atoms. The average Bonchev–Trinajstić information content (AvgIpc) is 2.46. The molecule has 2 atom stereocenters. The Morgan fingerprint density at radius 3 is 2.84 bits per heavy atom. The van der Waals surface area contributed by atoms with Crippen LogP contribution in [-0.2, 0) is 0 Å². The third kappa shape index (κ3) is 2.53. The summed E-state index contributed by atoms with van der Waals surface area (Å²) in [6.07, 6.45) is 4.48. The van der Waals surface area contributed by atoms with Crippen LogP contribution < -0.4 is 0 Å². The van der Waals surface area contributed by atoms with E-state index in [9.17, 15) is 4.79 Å². The van der Waals surface area contributed by atoms with Crippen molar-refractivity contribution in [2.45, 2.75) is 32.6 Å². The van der Waals surface area contributed by atoms with Gasteiger partial charge < -0.3 is 0 Å². The summed E-state index contributed by atoms with van der Waals surface area (Å²) in [6.45, 7) is 2.24. The highest BCUT2D eigenvalue weighted by molar-refractivity contribution is 5.98. The van der Waals surface area contributed by atoms with Crippen LogP contribution in [-0.4, -0.2) is 10.8 Å². The number of ketones is 1. The van der Waals surface area contributed by atoms with Crippen molar-refractivity contribution in [1.29, 1.82) is 0 Å². The van der Waals surface area contributed by atoms with Gasteiger partial charge in [0, 0.05) is 11.3 Å². The number of Topliss-reactive ketones (excluding diaryl/α,β-unsaturated/α-hetero) is 1. The van der Waals surface area contributed by atoms with Crippen molar-refractivity contribution in [3.63, 3.8) is 0 Å². The zero-order valence-electron chi connectivity index (χ0n) is 11.3. The molecule has 98 valence electrons. The molecule has 1 aliphatic carbocycles. The van der Waals surface area contributed by atoms with E-state index in [4.69, 9.17) is 0 Å². The number of hydrogen-bond donors (Lipinski definition) is 0. The van der Waals surface area contributed by atoms with E-state index in [1.165, 1.54) is 12.8 Å². The minimum Gasteiger partial charge on any atom is -0.292 e. The third-order valence-electron chi connectivity index (χ3n) is 4.16. The van der Waals surface area contributed by atoms with Crippen LogP contribution in [0.15, 0.2) is 36.4 Å². The molecule has 2 aromatic rings. The number of para-hydroxylation sites is 1. The maximum atomic E-state index is 12.5. The van der Waals surface area contributed by atoms with Crippen LogP contribution in [0.1, 0.15) is 43.1 Å². The zero-order valence-corrected chi connectivity index (χ0v) is 11.3. The highest BCUT2D eigenvalue weighted by Gasteiger charge is 2.26. The normalized spacial score (nSPS) is 23.4. The first-order valence-electron chi connectivity index (χ1n) is 7.14. The molecule has 1 fully saturated rings. The standard InChI is InChI=1S/C17H19NO/c1-12-5-4-7-14(11-12)17(19)16-10-9-13-6-2-3-8-15(13)18-16/h2-3,6,8-10,12,14H,4-5,7,11H2,1H3. The maximum Gasteiger partial charge on any atom is 0.184 e. The van der Waals surface area contributed by atoms with Gasteiger partial charge in [0.1, 0.15) is 5.69 Å². The molecule has 0 radical (unpaired) electrons. The molecule has 0 spiro atoms. The van der Waals surface area contributed by atoms with Gasteiger partial charge in [-0.05, 0) is 30.9 Å². The second kappa shape index (κ2) is 5.12. The molecule has 0 aliphatic heterocycles. The quantitative estimate of drug-likeness (QED) is 0.749. The molecule has 1 aromatic carbocycles. The monoisotopic (exact) mass is 253 g/mol. The fourth-order valence-electron chi connectivity index (χ4n) is 3.08. The van der Waals surface area contributed by atoms with Gasteiger partial charge in [-0.3, -0.25) is 4.79 Å². The van der Waals surface area contributed by atoms with Crippen LogP contribution >= 0.6 is 0 Å². The molecule has 1 saturated carbocycles. The first kappa shape index (κ1) is 12.3. The fraction of sp³-hybridized carbons (Fsp3) is 0.412. The van der Waals surface area contributed by atoms with Gasteiger partial charge in [0.2, 0.25) is 0 Å². The minimum absolute atomic E-state index is 0.178. The highest BCUT2D eigenvalue weighted by atomic mass is 16.1. The molecule has 1 aliphatic rings. The molecule has 1 heterocycles. The Morgan fingerprint density at radius 1 is 1.16 bits per heavy atom. The highest BCUT2D eigenvalue weighted by Crippen LogP contribution is 2.30. The predicted molar refractivity (Wildman–Crippen MR) is 77.2 cm³/mol. The molecule has 2 heteroatoms. The lowest BCUT2D eigenvalue weighted by atomic mass is 9.79. The van der Waals surface area contributed by atoms with Crippen LogP contribution in [0.3, 0.4) is 0 Å². The van der Waals surface area contributed by atoms with Gasteiger partial charge in [0.05, 0.1) is 5.52 Å². The number of benzene rings is 1. The minimum atomic E-state index is 0.178. The number of rotatable bonds is 2. The molecule has 0 saturated heterocycles. The summed E-state index contributed by atoms with van der Waals surface area (Å²) in [5, 5.41) is 1.09. The summed E-state index contributed by atoms with van der Waals surface area (Å²) < 4.78 is 0. The number of nitrogens with zero attached hydrogens (tertiary/aromatic N) is 1. The number of carbonyl (C=O) groups is 1. The fourth-order valence-corrected chi connectivity index (χ4v) is 3.08. The Kier molecular flexibility index (Phi) is 3.33. The van der Waals surface area contributed by atoms with Crippen molar-refractivity contribution in [1.82, 2.24) is 4.98 Å².